The maximum atomic E-state index is 9.97. The molecule has 0 heterocycles. The van der Waals surface area contributed by atoms with E-state index in [9.17, 15) is 10.4 Å². The first-order chi connectivity index (χ1) is 10.1. The van der Waals surface area contributed by atoms with Crippen LogP contribution >= 0.6 is 0 Å². The molecule has 0 saturated heterocycles. The van der Waals surface area contributed by atoms with Gasteiger partial charge in [-0.25, -0.2) is 0 Å². The van der Waals surface area contributed by atoms with E-state index in [4.69, 9.17) is 0 Å². The van der Waals surface area contributed by atoms with Gasteiger partial charge in [0.2, 0.25) is 0 Å². The summed E-state index contributed by atoms with van der Waals surface area (Å²) in [4.78, 5) is 0. The first-order valence-corrected chi connectivity index (χ1v) is 9.21. The Morgan fingerprint density at radius 1 is 0.952 bits per heavy atom. The first kappa shape index (κ1) is 14.1. The second kappa shape index (κ2) is 4.98. The standard InChI is InChI=1S/C19H29NO/c1-19-9-8-16-15-6-4-14(21)10-12(15)2-5-17(16)18(19)7-3-13(19)11-20/h12-18,21H,2-10H2,1H3/t12-,13-,14+,15-,16+,17+,18-,19+/m0/s1. The lowest BCUT2D eigenvalue weighted by Crippen LogP contribution is -2.48. The molecule has 0 aromatic rings. The van der Waals surface area contributed by atoms with Crippen molar-refractivity contribution in [2.75, 3.05) is 0 Å². The van der Waals surface area contributed by atoms with Crippen LogP contribution in [0.15, 0.2) is 0 Å². The molecule has 116 valence electrons. The lowest BCUT2D eigenvalue weighted by molar-refractivity contribution is -0.0727. The molecule has 2 heteroatoms. The van der Waals surface area contributed by atoms with E-state index in [1.807, 2.05) is 0 Å². The Morgan fingerprint density at radius 2 is 1.76 bits per heavy atom. The van der Waals surface area contributed by atoms with Gasteiger partial charge in [-0.1, -0.05) is 6.92 Å². The maximum absolute atomic E-state index is 9.97. The minimum absolute atomic E-state index is 0.0221. The SMILES string of the molecule is C[C@]12CC[C@H]3[C@@H](CC[C@H]4C[C@H](O)CC[C@@H]43)[C@@H]1CC[C@H]2C#N. The predicted molar refractivity (Wildman–Crippen MR) is 82.2 cm³/mol. The van der Waals surface area contributed by atoms with E-state index in [0.717, 1.165) is 48.9 Å². The fourth-order valence-corrected chi connectivity index (χ4v) is 7.04. The van der Waals surface area contributed by atoms with Gasteiger partial charge in [0.25, 0.3) is 0 Å². The molecule has 21 heavy (non-hydrogen) atoms. The second-order valence-electron chi connectivity index (χ2n) is 8.71. The minimum Gasteiger partial charge on any atom is -0.393 e. The fraction of sp³-hybridized carbons (Fsp3) is 0.947. The Labute approximate surface area is 128 Å². The fourth-order valence-electron chi connectivity index (χ4n) is 7.04. The molecule has 8 atom stereocenters. The highest BCUT2D eigenvalue weighted by Gasteiger charge is 2.57. The summed E-state index contributed by atoms with van der Waals surface area (Å²) in [6, 6.07) is 2.63. The number of aliphatic hydroxyl groups is 1. The summed E-state index contributed by atoms with van der Waals surface area (Å²) in [5.74, 6) is 4.61. The average molecular weight is 287 g/mol. The van der Waals surface area contributed by atoms with E-state index >= 15 is 0 Å². The number of fused-ring (bicyclic) bond motifs is 5. The van der Waals surface area contributed by atoms with E-state index in [1.54, 1.807) is 0 Å². The third-order valence-electron chi connectivity index (χ3n) is 8.08. The zero-order valence-corrected chi connectivity index (χ0v) is 13.3. The minimum atomic E-state index is -0.0221. The summed E-state index contributed by atoms with van der Waals surface area (Å²) in [5.41, 5.74) is 0.316. The molecule has 4 fully saturated rings. The van der Waals surface area contributed by atoms with Crippen LogP contribution in [0, 0.1) is 52.3 Å². The van der Waals surface area contributed by atoms with Crippen LogP contribution in [0.1, 0.15) is 64.7 Å². The number of hydrogen-bond acceptors (Lipinski definition) is 2. The van der Waals surface area contributed by atoms with Crippen molar-refractivity contribution in [2.45, 2.75) is 70.8 Å². The van der Waals surface area contributed by atoms with Crippen molar-refractivity contribution in [3.05, 3.63) is 0 Å². The first-order valence-electron chi connectivity index (χ1n) is 9.21. The molecule has 0 bridgehead atoms. The molecule has 4 rings (SSSR count). The number of hydrogen-bond donors (Lipinski definition) is 1. The lowest BCUT2D eigenvalue weighted by atomic mass is 9.50. The largest absolute Gasteiger partial charge is 0.393 e. The number of nitrogens with zero attached hydrogens (tertiary/aromatic N) is 1. The zero-order valence-electron chi connectivity index (χ0n) is 13.3. The summed E-state index contributed by atoms with van der Waals surface area (Å²) in [6.45, 7) is 2.42. The van der Waals surface area contributed by atoms with E-state index < -0.39 is 0 Å². The van der Waals surface area contributed by atoms with Crippen molar-refractivity contribution < 1.29 is 5.11 Å². The monoisotopic (exact) mass is 287 g/mol. The van der Waals surface area contributed by atoms with Crippen molar-refractivity contribution in [1.29, 1.82) is 5.26 Å². The summed E-state index contributed by atoms with van der Waals surface area (Å²) in [6.07, 6.45) is 11.1. The van der Waals surface area contributed by atoms with Crippen LogP contribution in [-0.4, -0.2) is 11.2 Å². The highest BCUT2D eigenvalue weighted by atomic mass is 16.3. The van der Waals surface area contributed by atoms with Crippen LogP contribution in [-0.2, 0) is 0 Å². The third kappa shape index (κ3) is 2.00. The smallest absolute Gasteiger partial charge is 0.0661 e. The van der Waals surface area contributed by atoms with Crippen molar-refractivity contribution >= 4 is 0 Å². The van der Waals surface area contributed by atoms with Gasteiger partial charge in [0.15, 0.2) is 0 Å². The van der Waals surface area contributed by atoms with Crippen LogP contribution < -0.4 is 0 Å². The molecule has 4 aliphatic carbocycles. The molecular formula is C19H29NO. The summed E-state index contributed by atoms with van der Waals surface area (Å²) in [7, 11) is 0. The Balaban J connectivity index is 1.57. The molecule has 0 spiro atoms. The zero-order chi connectivity index (χ0) is 14.6. The quantitative estimate of drug-likeness (QED) is 0.727. The number of aliphatic hydroxyl groups excluding tert-OH is 1. The molecule has 0 unspecified atom stereocenters. The Hall–Kier alpha value is -0.550. The number of rotatable bonds is 0. The highest BCUT2D eigenvalue weighted by molar-refractivity contribution is 5.10. The van der Waals surface area contributed by atoms with Crippen molar-refractivity contribution in [1.82, 2.24) is 0 Å². The van der Waals surface area contributed by atoms with Crippen LogP contribution in [0.3, 0.4) is 0 Å². The second-order valence-corrected chi connectivity index (χ2v) is 8.71. The van der Waals surface area contributed by atoms with Gasteiger partial charge in [-0.3, -0.25) is 0 Å². The molecule has 0 aromatic heterocycles. The van der Waals surface area contributed by atoms with Gasteiger partial charge in [-0.2, -0.15) is 5.26 Å². The van der Waals surface area contributed by atoms with Gasteiger partial charge in [0, 0.05) is 0 Å². The van der Waals surface area contributed by atoms with Crippen molar-refractivity contribution in [2.24, 2.45) is 40.9 Å². The number of nitriles is 1. The normalized spacial score (nSPS) is 56.0. The van der Waals surface area contributed by atoms with E-state index in [1.165, 1.54) is 38.5 Å². The average Bonchev–Trinajstić information content (AvgIpc) is 2.83. The van der Waals surface area contributed by atoms with Gasteiger partial charge < -0.3 is 5.11 Å². The molecule has 0 amide bonds. The van der Waals surface area contributed by atoms with Crippen LogP contribution in [0.4, 0.5) is 0 Å². The van der Waals surface area contributed by atoms with Crippen LogP contribution in [0.5, 0.6) is 0 Å². The molecule has 4 aliphatic rings. The molecule has 0 radical (unpaired) electrons. The van der Waals surface area contributed by atoms with E-state index in [-0.39, 0.29) is 6.10 Å². The molecule has 1 N–H and O–H groups in total. The molecule has 0 aromatic carbocycles. The van der Waals surface area contributed by atoms with E-state index in [0.29, 0.717) is 11.3 Å². The van der Waals surface area contributed by atoms with Gasteiger partial charge in [-0.15, -0.1) is 0 Å². The third-order valence-corrected chi connectivity index (χ3v) is 8.08. The van der Waals surface area contributed by atoms with Crippen LogP contribution in [0.2, 0.25) is 0 Å². The van der Waals surface area contributed by atoms with Gasteiger partial charge >= 0.3 is 0 Å². The highest BCUT2D eigenvalue weighted by Crippen LogP contribution is 2.63. The molecule has 2 nitrogen and oxygen atoms in total. The Bertz CT molecular complexity index is 455. The Kier molecular flexibility index (Phi) is 3.34. The van der Waals surface area contributed by atoms with Crippen molar-refractivity contribution in [3.8, 4) is 6.07 Å². The summed E-state index contributed by atoms with van der Waals surface area (Å²) in [5, 5.41) is 19.5. The van der Waals surface area contributed by atoms with Crippen LogP contribution in [0.25, 0.3) is 0 Å². The maximum Gasteiger partial charge on any atom is 0.0661 e. The van der Waals surface area contributed by atoms with E-state index in [2.05, 4.69) is 13.0 Å². The van der Waals surface area contributed by atoms with Gasteiger partial charge in [-0.05, 0) is 92.8 Å². The summed E-state index contributed by atoms with van der Waals surface area (Å²) >= 11 is 0. The lowest BCUT2D eigenvalue weighted by Gasteiger charge is -2.55. The Morgan fingerprint density at radius 3 is 2.57 bits per heavy atom. The predicted octanol–water partition coefficient (Wildman–Crippen LogP) is 4.14. The van der Waals surface area contributed by atoms with Gasteiger partial charge in [0.05, 0.1) is 18.1 Å². The molecule has 4 saturated carbocycles. The topological polar surface area (TPSA) is 44.0 Å². The molecular weight excluding hydrogens is 258 g/mol. The van der Waals surface area contributed by atoms with Crippen molar-refractivity contribution in [3.63, 3.8) is 0 Å². The summed E-state index contributed by atoms with van der Waals surface area (Å²) < 4.78 is 0. The molecule has 0 aliphatic heterocycles. The van der Waals surface area contributed by atoms with Gasteiger partial charge in [0.1, 0.15) is 0 Å².